The third-order valence-electron chi connectivity index (χ3n) is 2.39. The molecule has 2 rings (SSSR count). The van der Waals surface area contributed by atoms with Crippen molar-refractivity contribution in [2.24, 2.45) is 0 Å². The zero-order valence-corrected chi connectivity index (χ0v) is 9.17. The lowest BCUT2D eigenvalue weighted by Gasteiger charge is -2.12. The Morgan fingerprint density at radius 1 is 1.50 bits per heavy atom. The van der Waals surface area contributed by atoms with Crippen LogP contribution in [0.3, 0.4) is 0 Å². The molecule has 0 aromatic carbocycles. The number of nitrogens with zero attached hydrogens (tertiary/aromatic N) is 1. The summed E-state index contributed by atoms with van der Waals surface area (Å²) in [5.74, 6) is -0.954. The summed E-state index contributed by atoms with van der Waals surface area (Å²) in [4.78, 5) is 15.3. The van der Waals surface area contributed by atoms with Crippen molar-refractivity contribution in [3.63, 3.8) is 0 Å². The summed E-state index contributed by atoms with van der Waals surface area (Å²) in [6.45, 7) is 0. The normalized spacial score (nSPS) is 15.4. The van der Waals surface area contributed by atoms with Crippen LogP contribution in [0.2, 0.25) is 5.15 Å². The number of rotatable bonds is 2. The molecule has 1 aromatic rings. The monoisotopic (exact) mass is 240 g/mol. The van der Waals surface area contributed by atoms with E-state index in [0.29, 0.717) is 0 Å². The highest BCUT2D eigenvalue weighted by atomic mass is 35.5. The fourth-order valence-corrected chi connectivity index (χ4v) is 1.77. The largest absolute Gasteiger partial charge is 0.349 e. The standard InChI is InChI=1S/C11H10ClFN2O/c12-10-9(5-7(13)6-14-10)11(16)15-8-3-1-2-4-8/h1-2,5-6,8H,3-4H2,(H,15,16). The quantitative estimate of drug-likeness (QED) is 0.637. The molecule has 0 spiro atoms. The fourth-order valence-electron chi connectivity index (χ4n) is 1.58. The van der Waals surface area contributed by atoms with Gasteiger partial charge in [0.15, 0.2) is 0 Å². The summed E-state index contributed by atoms with van der Waals surface area (Å²) >= 11 is 5.72. The van der Waals surface area contributed by atoms with E-state index in [-0.39, 0.29) is 22.7 Å². The van der Waals surface area contributed by atoms with Crippen molar-refractivity contribution in [3.05, 3.63) is 40.9 Å². The van der Waals surface area contributed by atoms with E-state index < -0.39 is 5.82 Å². The zero-order valence-electron chi connectivity index (χ0n) is 8.41. The minimum Gasteiger partial charge on any atom is -0.349 e. The van der Waals surface area contributed by atoms with E-state index in [1.807, 2.05) is 12.2 Å². The zero-order chi connectivity index (χ0) is 11.5. The summed E-state index contributed by atoms with van der Waals surface area (Å²) in [6.07, 6.45) is 6.57. The first-order valence-corrected chi connectivity index (χ1v) is 5.31. The van der Waals surface area contributed by atoms with Crippen molar-refractivity contribution in [1.82, 2.24) is 10.3 Å². The number of carbonyl (C=O) groups excluding carboxylic acids is 1. The van der Waals surface area contributed by atoms with Crippen molar-refractivity contribution < 1.29 is 9.18 Å². The SMILES string of the molecule is O=C(NC1CC=CC1)c1cc(F)cnc1Cl. The van der Waals surface area contributed by atoms with Gasteiger partial charge in [0.2, 0.25) is 0 Å². The van der Waals surface area contributed by atoms with Gasteiger partial charge >= 0.3 is 0 Å². The minimum atomic E-state index is -0.570. The van der Waals surface area contributed by atoms with Crippen LogP contribution in [0.5, 0.6) is 0 Å². The van der Waals surface area contributed by atoms with Crippen molar-refractivity contribution in [3.8, 4) is 0 Å². The highest BCUT2D eigenvalue weighted by Crippen LogP contribution is 2.15. The molecule has 1 amide bonds. The van der Waals surface area contributed by atoms with Crippen LogP contribution in [-0.2, 0) is 0 Å². The lowest BCUT2D eigenvalue weighted by molar-refractivity contribution is 0.0938. The predicted molar refractivity (Wildman–Crippen MR) is 58.8 cm³/mol. The van der Waals surface area contributed by atoms with Gasteiger partial charge in [-0.15, -0.1) is 0 Å². The molecular formula is C11H10ClFN2O. The topological polar surface area (TPSA) is 42.0 Å². The van der Waals surface area contributed by atoms with Crippen molar-refractivity contribution >= 4 is 17.5 Å². The van der Waals surface area contributed by atoms with Crippen LogP contribution >= 0.6 is 11.6 Å². The van der Waals surface area contributed by atoms with E-state index >= 15 is 0 Å². The third kappa shape index (κ3) is 2.39. The summed E-state index contributed by atoms with van der Waals surface area (Å²) in [7, 11) is 0. The maximum atomic E-state index is 12.9. The molecule has 0 unspecified atom stereocenters. The fraction of sp³-hybridized carbons (Fsp3) is 0.273. The molecule has 16 heavy (non-hydrogen) atoms. The molecule has 5 heteroatoms. The van der Waals surface area contributed by atoms with Gasteiger partial charge < -0.3 is 5.32 Å². The molecule has 0 saturated heterocycles. The number of halogens is 2. The Morgan fingerprint density at radius 3 is 2.88 bits per heavy atom. The van der Waals surface area contributed by atoms with Gasteiger partial charge in [0.1, 0.15) is 11.0 Å². The molecule has 0 aliphatic heterocycles. The summed E-state index contributed by atoms with van der Waals surface area (Å²) in [6, 6.07) is 1.17. The summed E-state index contributed by atoms with van der Waals surface area (Å²) in [5.41, 5.74) is 0.0774. The second-order valence-electron chi connectivity index (χ2n) is 3.61. The molecule has 0 fully saturated rings. The summed E-state index contributed by atoms with van der Waals surface area (Å²) < 4.78 is 12.9. The molecule has 1 N–H and O–H groups in total. The van der Waals surface area contributed by atoms with Crippen LogP contribution < -0.4 is 5.32 Å². The van der Waals surface area contributed by atoms with Gasteiger partial charge in [-0.2, -0.15) is 0 Å². The second-order valence-corrected chi connectivity index (χ2v) is 3.96. The number of carbonyl (C=O) groups is 1. The predicted octanol–water partition coefficient (Wildman–Crippen LogP) is 2.32. The first-order chi connectivity index (χ1) is 7.66. The first kappa shape index (κ1) is 11.1. The molecule has 1 heterocycles. The highest BCUT2D eigenvalue weighted by Gasteiger charge is 2.17. The maximum Gasteiger partial charge on any atom is 0.254 e. The first-order valence-electron chi connectivity index (χ1n) is 4.93. The maximum absolute atomic E-state index is 12.9. The molecule has 0 radical (unpaired) electrons. The summed E-state index contributed by atoms with van der Waals surface area (Å²) in [5, 5.41) is 2.79. The van der Waals surface area contributed by atoms with E-state index in [0.717, 1.165) is 25.1 Å². The van der Waals surface area contributed by atoms with Crippen molar-refractivity contribution in [2.75, 3.05) is 0 Å². The van der Waals surface area contributed by atoms with Gasteiger partial charge in [-0.25, -0.2) is 9.37 Å². The van der Waals surface area contributed by atoms with E-state index in [9.17, 15) is 9.18 Å². The van der Waals surface area contributed by atoms with E-state index in [1.165, 1.54) is 0 Å². The molecule has 3 nitrogen and oxygen atoms in total. The lowest BCUT2D eigenvalue weighted by atomic mass is 10.2. The molecule has 0 atom stereocenters. The second kappa shape index (κ2) is 4.61. The van der Waals surface area contributed by atoms with E-state index in [2.05, 4.69) is 10.3 Å². The van der Waals surface area contributed by atoms with Gasteiger partial charge in [-0.1, -0.05) is 23.8 Å². The number of hydrogen-bond acceptors (Lipinski definition) is 2. The van der Waals surface area contributed by atoms with Crippen LogP contribution in [0, 0.1) is 5.82 Å². The van der Waals surface area contributed by atoms with Crippen LogP contribution in [0.4, 0.5) is 4.39 Å². The smallest absolute Gasteiger partial charge is 0.254 e. The van der Waals surface area contributed by atoms with E-state index in [1.54, 1.807) is 0 Å². The Kier molecular flexibility index (Phi) is 3.19. The minimum absolute atomic E-state index is 0.0184. The number of amides is 1. The van der Waals surface area contributed by atoms with E-state index in [4.69, 9.17) is 11.6 Å². The third-order valence-corrected chi connectivity index (χ3v) is 2.69. The van der Waals surface area contributed by atoms with Crippen molar-refractivity contribution in [2.45, 2.75) is 18.9 Å². The molecule has 1 aromatic heterocycles. The molecule has 1 aliphatic carbocycles. The van der Waals surface area contributed by atoms with Gasteiger partial charge in [-0.05, 0) is 18.9 Å². The average Bonchev–Trinajstić information content (AvgIpc) is 2.74. The van der Waals surface area contributed by atoms with Gasteiger partial charge in [0.05, 0.1) is 11.8 Å². The number of hydrogen-bond donors (Lipinski definition) is 1. The Balaban J connectivity index is 2.10. The van der Waals surface area contributed by atoms with Gasteiger partial charge in [0, 0.05) is 6.04 Å². The van der Waals surface area contributed by atoms with Gasteiger partial charge in [-0.3, -0.25) is 4.79 Å². The molecule has 0 saturated carbocycles. The van der Waals surface area contributed by atoms with Crippen LogP contribution in [0.1, 0.15) is 23.2 Å². The molecule has 84 valence electrons. The Morgan fingerprint density at radius 2 is 2.19 bits per heavy atom. The Bertz CT molecular complexity index is 440. The van der Waals surface area contributed by atoms with Crippen LogP contribution in [0.25, 0.3) is 0 Å². The average molecular weight is 241 g/mol. The molecule has 0 bridgehead atoms. The lowest BCUT2D eigenvalue weighted by Crippen LogP contribution is -2.33. The highest BCUT2D eigenvalue weighted by molar-refractivity contribution is 6.32. The van der Waals surface area contributed by atoms with Crippen LogP contribution in [0.15, 0.2) is 24.4 Å². The van der Waals surface area contributed by atoms with Crippen LogP contribution in [-0.4, -0.2) is 16.9 Å². The number of pyridine rings is 1. The Labute approximate surface area is 97.3 Å². The van der Waals surface area contributed by atoms with Crippen molar-refractivity contribution in [1.29, 1.82) is 0 Å². The molecular weight excluding hydrogens is 231 g/mol. The number of aromatic nitrogens is 1. The number of nitrogens with one attached hydrogen (secondary N) is 1. The Hall–Kier alpha value is -1.42. The molecule has 1 aliphatic rings. The van der Waals surface area contributed by atoms with Gasteiger partial charge in [0.25, 0.3) is 5.91 Å².